The van der Waals surface area contributed by atoms with Crippen molar-refractivity contribution in [3.63, 3.8) is 0 Å². The number of sulfonamides is 1. The Hall–Kier alpha value is -3.37. The van der Waals surface area contributed by atoms with Gasteiger partial charge < -0.3 is 9.47 Å². The van der Waals surface area contributed by atoms with Gasteiger partial charge in [0, 0.05) is 18.2 Å². The molecule has 0 aliphatic rings. The zero-order valence-corrected chi connectivity index (χ0v) is 20.0. The first-order chi connectivity index (χ1) is 17.7. The Bertz CT molecular complexity index is 1420. The molecule has 3 aromatic rings. The van der Waals surface area contributed by atoms with Gasteiger partial charge in [-0.1, -0.05) is 42.0 Å². The molecule has 0 bridgehead atoms. The van der Waals surface area contributed by atoms with Crippen molar-refractivity contribution in [3.05, 3.63) is 82.7 Å². The van der Waals surface area contributed by atoms with Crippen molar-refractivity contribution in [2.75, 3.05) is 14.1 Å². The summed E-state index contributed by atoms with van der Waals surface area (Å²) in [6.07, 6.45) is -2.49. The maximum Gasteiger partial charge on any atom is 0.280 e. The van der Waals surface area contributed by atoms with Crippen LogP contribution in [0, 0.1) is 6.92 Å². The Balaban J connectivity index is 1.85. The number of pyridine rings is 1. The molecule has 10 heteroatoms. The average Bonchev–Trinajstić information content (AvgIpc) is 2.82. The number of carbonyl (C=O) groups excluding carboxylic acids is 1. The van der Waals surface area contributed by atoms with Crippen molar-refractivity contribution in [3.8, 4) is 16.9 Å². The molecular formula is C25H26F2N2O5S. The molecule has 0 radical (unpaired) electrons. The largest absolute Gasteiger partial charge is 0.494 e. The van der Waals surface area contributed by atoms with E-state index >= 15 is 0 Å². The van der Waals surface area contributed by atoms with Gasteiger partial charge in [-0.05, 0) is 42.7 Å². The molecule has 1 amide bonds. The molecular weight excluding hydrogens is 478 g/mol. The SMILES string of the molecule is [2H]C([2H])([2H])O[C@@H](C)c1ccc(CS(=O)(=O)NC(=O)c2ccc(C)cc2-c2cc(C(F)F)ncc2OC)cc1. The topological polar surface area (TPSA) is 94.6 Å². The van der Waals surface area contributed by atoms with Gasteiger partial charge in [0.25, 0.3) is 12.3 Å². The molecule has 3 rings (SSSR count). The van der Waals surface area contributed by atoms with Crippen LogP contribution in [0.5, 0.6) is 5.75 Å². The van der Waals surface area contributed by atoms with E-state index in [2.05, 4.69) is 4.98 Å². The van der Waals surface area contributed by atoms with E-state index < -0.39 is 46.9 Å². The van der Waals surface area contributed by atoms with E-state index in [1.165, 1.54) is 37.4 Å². The molecule has 1 N–H and O–H groups in total. The molecule has 0 saturated carbocycles. The maximum atomic E-state index is 13.3. The fourth-order valence-electron chi connectivity index (χ4n) is 3.44. The number of nitrogens with zero attached hydrogens (tertiary/aromatic N) is 1. The highest BCUT2D eigenvalue weighted by atomic mass is 32.2. The summed E-state index contributed by atoms with van der Waals surface area (Å²) >= 11 is 0. The van der Waals surface area contributed by atoms with Crippen molar-refractivity contribution in [1.82, 2.24) is 9.71 Å². The van der Waals surface area contributed by atoms with Crippen LogP contribution in [0.1, 0.15) is 56.3 Å². The van der Waals surface area contributed by atoms with E-state index in [-0.39, 0.29) is 22.4 Å². The summed E-state index contributed by atoms with van der Waals surface area (Å²) in [7, 11) is -5.43. The number of amides is 1. The van der Waals surface area contributed by atoms with Crippen LogP contribution in [0.3, 0.4) is 0 Å². The molecule has 1 heterocycles. The molecule has 0 aliphatic heterocycles. The first-order valence-corrected chi connectivity index (χ1v) is 12.1. The number of aryl methyl sites for hydroxylation is 1. The lowest BCUT2D eigenvalue weighted by Gasteiger charge is -2.15. The number of halogens is 2. The number of hydrogen-bond donors (Lipinski definition) is 1. The van der Waals surface area contributed by atoms with E-state index in [1.807, 2.05) is 4.72 Å². The molecule has 7 nitrogen and oxygen atoms in total. The van der Waals surface area contributed by atoms with Gasteiger partial charge in [0.05, 0.1) is 29.3 Å². The van der Waals surface area contributed by atoms with Gasteiger partial charge in [0.2, 0.25) is 10.0 Å². The molecule has 0 saturated heterocycles. The van der Waals surface area contributed by atoms with Crippen LogP contribution >= 0.6 is 0 Å². The van der Waals surface area contributed by atoms with Crippen LogP contribution in [0.2, 0.25) is 0 Å². The van der Waals surface area contributed by atoms with Gasteiger partial charge in [0.15, 0.2) is 0 Å². The standard InChI is InChI=1S/C25H26F2N2O5S/c1-15-5-10-19(20(11-15)21-12-22(24(26)27)28-13-23(21)34-4)25(30)29-35(31,32)14-17-6-8-18(9-7-17)16(2)33-3/h5-13,16,24H,14H2,1-4H3,(H,29,30)/t16-/m0/s1/i3D3. The Labute approximate surface area is 207 Å². The second-order valence-electron chi connectivity index (χ2n) is 7.85. The van der Waals surface area contributed by atoms with Gasteiger partial charge in [-0.25, -0.2) is 21.9 Å². The molecule has 1 atom stereocenters. The van der Waals surface area contributed by atoms with E-state index in [1.54, 1.807) is 26.0 Å². The Morgan fingerprint density at radius 3 is 2.49 bits per heavy atom. The van der Waals surface area contributed by atoms with Crippen LogP contribution in [-0.2, 0) is 20.5 Å². The summed E-state index contributed by atoms with van der Waals surface area (Å²) in [6.45, 7) is 3.29. The number of hydrogen-bond acceptors (Lipinski definition) is 6. The van der Waals surface area contributed by atoms with E-state index in [0.717, 1.165) is 12.3 Å². The second kappa shape index (κ2) is 10.9. The molecule has 0 aliphatic carbocycles. The van der Waals surface area contributed by atoms with Crippen LogP contribution in [0.4, 0.5) is 8.78 Å². The lowest BCUT2D eigenvalue weighted by Crippen LogP contribution is -2.32. The second-order valence-corrected chi connectivity index (χ2v) is 9.57. The van der Waals surface area contributed by atoms with Crippen LogP contribution < -0.4 is 9.46 Å². The predicted molar refractivity (Wildman–Crippen MR) is 128 cm³/mol. The summed E-state index contributed by atoms with van der Waals surface area (Å²) in [5, 5.41) is 0. The highest BCUT2D eigenvalue weighted by molar-refractivity contribution is 7.89. The van der Waals surface area contributed by atoms with Gasteiger partial charge in [-0.2, -0.15) is 0 Å². The Kier molecular flexibility index (Phi) is 6.90. The molecule has 35 heavy (non-hydrogen) atoms. The molecule has 0 spiro atoms. The number of aromatic nitrogens is 1. The lowest BCUT2D eigenvalue weighted by molar-refractivity contribution is 0.0982. The smallest absolute Gasteiger partial charge is 0.280 e. The number of benzene rings is 2. The van der Waals surface area contributed by atoms with Crippen molar-refractivity contribution in [2.45, 2.75) is 32.1 Å². The van der Waals surface area contributed by atoms with E-state index in [0.29, 0.717) is 16.7 Å². The van der Waals surface area contributed by atoms with Gasteiger partial charge in [-0.15, -0.1) is 0 Å². The van der Waals surface area contributed by atoms with Gasteiger partial charge >= 0.3 is 0 Å². The Morgan fingerprint density at radius 2 is 1.86 bits per heavy atom. The highest BCUT2D eigenvalue weighted by Crippen LogP contribution is 2.35. The summed E-state index contributed by atoms with van der Waals surface area (Å²) in [5.74, 6) is -1.36. The van der Waals surface area contributed by atoms with Crippen molar-refractivity contribution < 1.29 is 35.6 Å². The third-order valence-corrected chi connectivity index (χ3v) is 6.48. The number of ether oxygens (including phenoxy) is 2. The van der Waals surface area contributed by atoms with Gasteiger partial charge in [0.1, 0.15) is 11.4 Å². The van der Waals surface area contributed by atoms with Crippen molar-refractivity contribution in [2.24, 2.45) is 0 Å². The minimum Gasteiger partial charge on any atom is -0.494 e. The third-order valence-electron chi connectivity index (χ3n) is 5.27. The van der Waals surface area contributed by atoms with Crippen LogP contribution in [0.15, 0.2) is 54.7 Å². The first-order valence-electron chi connectivity index (χ1n) is 11.9. The van der Waals surface area contributed by atoms with E-state index in [4.69, 9.17) is 13.6 Å². The zero-order chi connectivity index (χ0) is 28.3. The fraction of sp³-hybridized carbons (Fsp3) is 0.280. The Morgan fingerprint density at radius 1 is 1.14 bits per heavy atom. The van der Waals surface area contributed by atoms with Gasteiger partial charge in [-0.3, -0.25) is 9.78 Å². The zero-order valence-electron chi connectivity index (χ0n) is 22.2. The van der Waals surface area contributed by atoms with Crippen LogP contribution in [0.25, 0.3) is 11.1 Å². The van der Waals surface area contributed by atoms with Crippen molar-refractivity contribution >= 4 is 15.9 Å². The summed E-state index contributed by atoms with van der Waals surface area (Å²) < 4.78 is 86.0. The predicted octanol–water partition coefficient (Wildman–Crippen LogP) is 4.97. The molecule has 1 aromatic heterocycles. The third kappa shape index (κ3) is 6.40. The summed E-state index contributed by atoms with van der Waals surface area (Å²) in [5.41, 5.74) is 1.35. The maximum absolute atomic E-state index is 13.3. The first kappa shape index (κ1) is 22.1. The number of alkyl halides is 2. The summed E-state index contributed by atoms with van der Waals surface area (Å²) in [6, 6.07) is 11.7. The van der Waals surface area contributed by atoms with Crippen LogP contribution in [-0.4, -0.2) is 33.5 Å². The molecule has 0 fully saturated rings. The minimum atomic E-state index is -4.17. The molecule has 0 unspecified atom stereocenters. The quantitative estimate of drug-likeness (QED) is 0.440. The number of nitrogens with one attached hydrogen (secondary N) is 1. The number of carbonyl (C=O) groups is 1. The molecule has 186 valence electrons. The monoisotopic (exact) mass is 507 g/mol. The fourth-order valence-corrected chi connectivity index (χ4v) is 4.53. The van der Waals surface area contributed by atoms with Crippen molar-refractivity contribution in [1.29, 1.82) is 0 Å². The van der Waals surface area contributed by atoms with E-state index in [9.17, 15) is 22.0 Å². The molecule has 2 aromatic carbocycles. The number of methoxy groups -OCH3 is 2. The normalized spacial score (nSPS) is 14.1. The highest BCUT2D eigenvalue weighted by Gasteiger charge is 2.23. The average molecular weight is 508 g/mol. The number of rotatable bonds is 9. The minimum absolute atomic E-state index is 0.0603. The lowest BCUT2D eigenvalue weighted by atomic mass is 9.96. The summed E-state index contributed by atoms with van der Waals surface area (Å²) in [4.78, 5) is 16.8.